The van der Waals surface area contributed by atoms with Gasteiger partial charge in [-0.15, -0.1) is 0 Å². The summed E-state index contributed by atoms with van der Waals surface area (Å²) in [5, 5.41) is 3.51. The van der Waals surface area contributed by atoms with E-state index in [-0.39, 0.29) is 0 Å². The molecule has 0 aliphatic rings. The molecule has 0 saturated carbocycles. The Morgan fingerprint density at radius 1 is 1.08 bits per heavy atom. The summed E-state index contributed by atoms with van der Waals surface area (Å²) in [6.45, 7) is 8.82. The first kappa shape index (κ1) is 10.1. The zero-order valence-electron chi connectivity index (χ0n) is 8.96. The van der Waals surface area contributed by atoms with E-state index in [1.165, 1.54) is 11.3 Å². The molecular formula is C12H19N. The molecule has 0 amide bonds. The monoisotopic (exact) mass is 177 g/mol. The van der Waals surface area contributed by atoms with E-state index < -0.39 is 0 Å². The second-order valence-corrected chi connectivity index (χ2v) is 3.99. The predicted molar refractivity (Wildman–Crippen MR) is 59.1 cm³/mol. The third-order valence-corrected chi connectivity index (χ3v) is 2.53. The van der Waals surface area contributed by atoms with Crippen molar-refractivity contribution in [2.24, 2.45) is 5.92 Å². The first-order chi connectivity index (χ1) is 6.11. The number of benzene rings is 1. The Hall–Kier alpha value is -0.980. The number of anilines is 1. The molecule has 0 spiro atoms. The molecule has 13 heavy (non-hydrogen) atoms. The van der Waals surface area contributed by atoms with Crippen LogP contribution in [-0.2, 0) is 0 Å². The average Bonchev–Trinajstić information content (AvgIpc) is 2.08. The van der Waals surface area contributed by atoms with Gasteiger partial charge in [0, 0.05) is 11.7 Å². The van der Waals surface area contributed by atoms with Crippen LogP contribution in [0.25, 0.3) is 0 Å². The maximum Gasteiger partial charge on any atom is 0.0372 e. The van der Waals surface area contributed by atoms with Gasteiger partial charge >= 0.3 is 0 Å². The van der Waals surface area contributed by atoms with E-state index in [0.717, 1.165) is 0 Å². The first-order valence-electron chi connectivity index (χ1n) is 4.93. The van der Waals surface area contributed by atoms with Gasteiger partial charge in [0.05, 0.1) is 0 Å². The van der Waals surface area contributed by atoms with Crippen molar-refractivity contribution in [2.45, 2.75) is 33.7 Å². The summed E-state index contributed by atoms with van der Waals surface area (Å²) in [7, 11) is 0. The molecule has 72 valence electrons. The third kappa shape index (κ3) is 2.76. The number of hydrogen-bond donors (Lipinski definition) is 1. The van der Waals surface area contributed by atoms with Crippen LogP contribution in [0.5, 0.6) is 0 Å². The van der Waals surface area contributed by atoms with Gasteiger partial charge in [-0.1, -0.05) is 32.0 Å². The molecule has 1 rings (SSSR count). The highest BCUT2D eigenvalue weighted by molar-refractivity contribution is 5.50. The van der Waals surface area contributed by atoms with E-state index in [1.54, 1.807) is 0 Å². The van der Waals surface area contributed by atoms with Gasteiger partial charge in [-0.25, -0.2) is 0 Å². The van der Waals surface area contributed by atoms with Gasteiger partial charge in [0.1, 0.15) is 0 Å². The third-order valence-electron chi connectivity index (χ3n) is 2.53. The number of hydrogen-bond acceptors (Lipinski definition) is 1. The number of nitrogens with one attached hydrogen (secondary N) is 1. The molecule has 1 atom stereocenters. The second kappa shape index (κ2) is 4.31. The van der Waals surface area contributed by atoms with Gasteiger partial charge in [-0.3, -0.25) is 0 Å². The van der Waals surface area contributed by atoms with Crippen LogP contribution in [0.3, 0.4) is 0 Å². The summed E-state index contributed by atoms with van der Waals surface area (Å²) < 4.78 is 0. The summed E-state index contributed by atoms with van der Waals surface area (Å²) in [6, 6.07) is 8.94. The van der Waals surface area contributed by atoms with Crippen molar-refractivity contribution in [2.75, 3.05) is 5.32 Å². The summed E-state index contributed by atoms with van der Waals surface area (Å²) in [4.78, 5) is 0. The lowest BCUT2D eigenvalue weighted by Crippen LogP contribution is -2.21. The lowest BCUT2D eigenvalue weighted by molar-refractivity contribution is 0.560. The van der Waals surface area contributed by atoms with Crippen molar-refractivity contribution >= 4 is 5.69 Å². The summed E-state index contributed by atoms with van der Waals surface area (Å²) in [6.07, 6.45) is 0. The molecule has 0 fully saturated rings. The fourth-order valence-electron chi connectivity index (χ4n) is 1.15. The second-order valence-electron chi connectivity index (χ2n) is 3.99. The molecular weight excluding hydrogens is 158 g/mol. The van der Waals surface area contributed by atoms with Crippen LogP contribution < -0.4 is 5.32 Å². The predicted octanol–water partition coefficient (Wildman–Crippen LogP) is 3.45. The first-order valence-corrected chi connectivity index (χ1v) is 4.93. The molecule has 1 heteroatoms. The fourth-order valence-corrected chi connectivity index (χ4v) is 1.15. The highest BCUT2D eigenvalue weighted by Gasteiger charge is 2.06. The minimum atomic E-state index is 0.529. The SMILES string of the molecule is Cc1ccccc1NC(C)C(C)C. The van der Waals surface area contributed by atoms with E-state index in [1.807, 2.05) is 0 Å². The molecule has 0 bridgehead atoms. The molecule has 0 radical (unpaired) electrons. The van der Waals surface area contributed by atoms with E-state index in [9.17, 15) is 0 Å². The topological polar surface area (TPSA) is 12.0 Å². The van der Waals surface area contributed by atoms with Crippen LogP contribution in [-0.4, -0.2) is 6.04 Å². The van der Waals surface area contributed by atoms with Crippen molar-refractivity contribution in [1.82, 2.24) is 0 Å². The molecule has 0 aromatic heterocycles. The van der Waals surface area contributed by atoms with Gasteiger partial charge < -0.3 is 5.32 Å². The van der Waals surface area contributed by atoms with Crippen LogP contribution in [0, 0.1) is 12.8 Å². The van der Waals surface area contributed by atoms with E-state index >= 15 is 0 Å². The van der Waals surface area contributed by atoms with Crippen molar-refractivity contribution < 1.29 is 0 Å². The summed E-state index contributed by atoms with van der Waals surface area (Å²) >= 11 is 0. The standard InChI is InChI=1S/C12H19N/c1-9(2)11(4)13-12-8-6-5-7-10(12)3/h5-9,11,13H,1-4H3. The van der Waals surface area contributed by atoms with Gasteiger partial charge in [0.15, 0.2) is 0 Å². The van der Waals surface area contributed by atoms with Crippen LogP contribution in [0.1, 0.15) is 26.3 Å². The Balaban J connectivity index is 2.69. The highest BCUT2D eigenvalue weighted by atomic mass is 14.9. The van der Waals surface area contributed by atoms with E-state index in [4.69, 9.17) is 0 Å². The highest BCUT2D eigenvalue weighted by Crippen LogP contribution is 2.16. The molecule has 1 aromatic rings. The van der Waals surface area contributed by atoms with Crippen LogP contribution in [0.2, 0.25) is 0 Å². The van der Waals surface area contributed by atoms with Crippen molar-refractivity contribution in [3.63, 3.8) is 0 Å². The van der Waals surface area contributed by atoms with Crippen LogP contribution in [0.4, 0.5) is 5.69 Å². The molecule has 1 N–H and O–H groups in total. The zero-order valence-corrected chi connectivity index (χ0v) is 8.96. The van der Waals surface area contributed by atoms with Gasteiger partial charge in [0.25, 0.3) is 0 Å². The Morgan fingerprint density at radius 3 is 2.23 bits per heavy atom. The molecule has 1 aromatic carbocycles. The number of aryl methyl sites for hydroxylation is 1. The Kier molecular flexibility index (Phi) is 3.35. The quantitative estimate of drug-likeness (QED) is 0.745. The Labute approximate surface area is 81.2 Å². The van der Waals surface area contributed by atoms with E-state index in [2.05, 4.69) is 57.3 Å². The normalized spacial score (nSPS) is 13.0. The molecule has 1 unspecified atom stereocenters. The van der Waals surface area contributed by atoms with Crippen LogP contribution in [0.15, 0.2) is 24.3 Å². The van der Waals surface area contributed by atoms with Gasteiger partial charge in [-0.2, -0.15) is 0 Å². The smallest absolute Gasteiger partial charge is 0.0372 e. The minimum absolute atomic E-state index is 0.529. The zero-order chi connectivity index (χ0) is 9.84. The lowest BCUT2D eigenvalue weighted by atomic mass is 10.1. The maximum atomic E-state index is 3.51. The minimum Gasteiger partial charge on any atom is -0.382 e. The van der Waals surface area contributed by atoms with Gasteiger partial charge in [-0.05, 0) is 31.4 Å². The molecule has 0 heterocycles. The molecule has 0 saturated heterocycles. The van der Waals surface area contributed by atoms with Crippen molar-refractivity contribution in [3.05, 3.63) is 29.8 Å². The Morgan fingerprint density at radius 2 is 1.69 bits per heavy atom. The van der Waals surface area contributed by atoms with E-state index in [0.29, 0.717) is 12.0 Å². The lowest BCUT2D eigenvalue weighted by Gasteiger charge is -2.20. The molecule has 0 aliphatic carbocycles. The summed E-state index contributed by atoms with van der Waals surface area (Å²) in [5.74, 6) is 0.666. The van der Waals surface area contributed by atoms with Gasteiger partial charge in [0.2, 0.25) is 0 Å². The fraction of sp³-hybridized carbons (Fsp3) is 0.500. The molecule has 1 nitrogen and oxygen atoms in total. The largest absolute Gasteiger partial charge is 0.382 e. The Bertz CT molecular complexity index is 266. The number of rotatable bonds is 3. The van der Waals surface area contributed by atoms with Crippen molar-refractivity contribution in [1.29, 1.82) is 0 Å². The summed E-state index contributed by atoms with van der Waals surface area (Å²) in [5.41, 5.74) is 2.57. The van der Waals surface area contributed by atoms with Crippen molar-refractivity contribution in [3.8, 4) is 0 Å². The average molecular weight is 177 g/mol. The number of para-hydroxylation sites is 1. The maximum absolute atomic E-state index is 3.51. The van der Waals surface area contributed by atoms with Crippen LogP contribution >= 0.6 is 0 Å². The molecule has 0 aliphatic heterocycles.